The summed E-state index contributed by atoms with van der Waals surface area (Å²) in [4.78, 5) is 11.7. The number of nitrogens with zero attached hydrogens (tertiary/aromatic N) is 2. The van der Waals surface area contributed by atoms with Gasteiger partial charge in [-0.15, -0.1) is 10.2 Å². The molecule has 0 unspecified atom stereocenters. The molecule has 0 aliphatic rings. The highest BCUT2D eigenvalue weighted by molar-refractivity contribution is 7.80. The van der Waals surface area contributed by atoms with E-state index in [9.17, 15) is 4.79 Å². The molecule has 0 amide bonds. The highest BCUT2D eigenvalue weighted by Gasteiger charge is 2.06. The molecule has 0 atom stereocenters. The molecule has 29 heavy (non-hydrogen) atoms. The number of ether oxygens (including phenoxy) is 1. The largest absolute Gasteiger partial charge is 0.462 e. The van der Waals surface area contributed by atoms with Crippen LogP contribution in [-0.2, 0) is 4.74 Å². The van der Waals surface area contributed by atoms with E-state index >= 15 is 0 Å². The van der Waals surface area contributed by atoms with Crippen molar-refractivity contribution in [1.82, 2.24) is 10.2 Å². The van der Waals surface area contributed by atoms with E-state index in [0.717, 1.165) is 17.1 Å². The maximum Gasteiger partial charge on any atom is 0.338 e. The summed E-state index contributed by atoms with van der Waals surface area (Å²) in [6.45, 7) is 2.11. The zero-order chi connectivity index (χ0) is 20.6. The van der Waals surface area contributed by atoms with Crippen molar-refractivity contribution in [2.24, 2.45) is 0 Å². The lowest BCUT2D eigenvalue weighted by molar-refractivity contribution is 0.0526. The number of rotatable bonds is 6. The lowest BCUT2D eigenvalue weighted by Crippen LogP contribution is -2.19. The fraction of sp³-hybridized carbons (Fsp3) is 0.100. The van der Waals surface area contributed by atoms with E-state index in [1.165, 1.54) is 0 Å². The molecule has 3 rings (SSSR count). The number of nitrogens with one attached hydrogen (secondary N) is 3. The van der Waals surface area contributed by atoms with Gasteiger partial charge in [-0.25, -0.2) is 4.79 Å². The topological polar surface area (TPSA) is 88.2 Å². The summed E-state index contributed by atoms with van der Waals surface area (Å²) >= 11 is 11.1. The number of hydrogen-bond donors (Lipinski definition) is 3. The summed E-state index contributed by atoms with van der Waals surface area (Å²) in [5, 5.41) is 17.8. The molecule has 3 aromatic rings. The van der Waals surface area contributed by atoms with Gasteiger partial charge in [0.1, 0.15) is 0 Å². The highest BCUT2D eigenvalue weighted by atomic mass is 35.5. The molecule has 2 aromatic carbocycles. The van der Waals surface area contributed by atoms with E-state index in [-0.39, 0.29) is 5.97 Å². The molecule has 1 heterocycles. The molecule has 0 spiro atoms. The first-order valence-corrected chi connectivity index (χ1v) is 9.53. The number of thiocarbonyl (C=S) groups is 1. The first kappa shape index (κ1) is 20.5. The summed E-state index contributed by atoms with van der Waals surface area (Å²) in [7, 11) is 0. The minimum absolute atomic E-state index is 0.339. The Kier molecular flexibility index (Phi) is 6.94. The lowest BCUT2D eigenvalue weighted by atomic mass is 10.2. The Labute approximate surface area is 178 Å². The number of carbonyl (C=O) groups excluding carboxylic acids is 1. The summed E-state index contributed by atoms with van der Waals surface area (Å²) in [6, 6.07) is 17.8. The summed E-state index contributed by atoms with van der Waals surface area (Å²) < 4.78 is 4.96. The minimum atomic E-state index is -0.349. The van der Waals surface area contributed by atoms with Crippen molar-refractivity contribution < 1.29 is 9.53 Å². The van der Waals surface area contributed by atoms with Crippen molar-refractivity contribution in [2.75, 3.05) is 22.6 Å². The molecule has 0 aliphatic carbocycles. The minimum Gasteiger partial charge on any atom is -0.462 e. The van der Waals surface area contributed by atoms with Crippen molar-refractivity contribution in [3.8, 4) is 0 Å². The quantitative estimate of drug-likeness (QED) is 0.379. The van der Waals surface area contributed by atoms with Gasteiger partial charge in [0.25, 0.3) is 0 Å². The van der Waals surface area contributed by atoms with Gasteiger partial charge in [-0.3, -0.25) is 0 Å². The molecule has 3 N–H and O–H groups in total. The molecular weight excluding hydrogens is 410 g/mol. The Morgan fingerprint density at radius 3 is 2.07 bits per heavy atom. The number of esters is 1. The zero-order valence-electron chi connectivity index (χ0n) is 15.5. The smallest absolute Gasteiger partial charge is 0.338 e. The lowest BCUT2D eigenvalue weighted by Gasteiger charge is -2.12. The third-order valence-corrected chi connectivity index (χ3v) is 4.11. The predicted octanol–water partition coefficient (Wildman–Crippen LogP) is 4.86. The molecule has 0 radical (unpaired) electrons. The molecule has 9 heteroatoms. The van der Waals surface area contributed by atoms with Crippen LogP contribution in [-0.4, -0.2) is 27.9 Å². The van der Waals surface area contributed by atoms with Gasteiger partial charge in [0.2, 0.25) is 0 Å². The monoisotopic (exact) mass is 427 g/mol. The van der Waals surface area contributed by atoms with Gasteiger partial charge in [-0.2, -0.15) is 0 Å². The Balaban J connectivity index is 1.53. The van der Waals surface area contributed by atoms with E-state index in [1.54, 1.807) is 43.3 Å². The maximum absolute atomic E-state index is 11.7. The van der Waals surface area contributed by atoms with Gasteiger partial charge in [-0.1, -0.05) is 11.6 Å². The Morgan fingerprint density at radius 1 is 0.931 bits per heavy atom. The normalized spacial score (nSPS) is 10.1. The van der Waals surface area contributed by atoms with Crippen LogP contribution in [0.4, 0.5) is 22.9 Å². The SMILES string of the molecule is CCOC(=O)c1ccc(NC(=S)Nc2ccc(Nc3ccc(Cl)nn3)cc2)cc1. The molecule has 0 saturated carbocycles. The Hall–Kier alpha value is -3.23. The molecule has 148 valence electrons. The number of hydrogen-bond acceptors (Lipinski definition) is 6. The van der Waals surface area contributed by atoms with Gasteiger partial charge < -0.3 is 20.7 Å². The van der Waals surface area contributed by atoms with E-state index in [2.05, 4.69) is 26.1 Å². The second kappa shape index (κ2) is 9.81. The number of benzene rings is 2. The van der Waals surface area contributed by atoms with E-state index < -0.39 is 0 Å². The first-order valence-electron chi connectivity index (χ1n) is 8.75. The van der Waals surface area contributed by atoms with Crippen LogP contribution in [0.3, 0.4) is 0 Å². The van der Waals surface area contributed by atoms with Crippen LogP contribution in [0.2, 0.25) is 5.15 Å². The van der Waals surface area contributed by atoms with Crippen molar-refractivity contribution in [3.63, 3.8) is 0 Å². The van der Waals surface area contributed by atoms with Gasteiger partial charge in [0.15, 0.2) is 16.1 Å². The zero-order valence-corrected chi connectivity index (χ0v) is 17.1. The van der Waals surface area contributed by atoms with Crippen molar-refractivity contribution in [1.29, 1.82) is 0 Å². The molecule has 0 bridgehead atoms. The second-order valence-electron chi connectivity index (χ2n) is 5.82. The molecule has 0 aliphatic heterocycles. The summed E-state index contributed by atoms with van der Waals surface area (Å²) in [5.41, 5.74) is 2.92. The number of aromatic nitrogens is 2. The van der Waals surface area contributed by atoms with Crippen molar-refractivity contribution >= 4 is 57.8 Å². The first-order chi connectivity index (χ1) is 14.0. The van der Waals surface area contributed by atoms with Gasteiger partial charge in [0, 0.05) is 17.1 Å². The van der Waals surface area contributed by atoms with E-state index in [1.807, 2.05) is 24.3 Å². The average Bonchev–Trinajstić information content (AvgIpc) is 2.72. The van der Waals surface area contributed by atoms with Gasteiger partial charge in [0.05, 0.1) is 12.2 Å². The van der Waals surface area contributed by atoms with Crippen LogP contribution in [0.15, 0.2) is 60.7 Å². The molecule has 0 saturated heterocycles. The number of carbonyl (C=O) groups is 1. The summed E-state index contributed by atoms with van der Waals surface area (Å²) in [6.07, 6.45) is 0. The molecular formula is C20H18ClN5O2S. The Bertz CT molecular complexity index is 979. The van der Waals surface area contributed by atoms with Crippen molar-refractivity contribution in [3.05, 3.63) is 71.4 Å². The van der Waals surface area contributed by atoms with Crippen molar-refractivity contribution in [2.45, 2.75) is 6.92 Å². The molecule has 7 nitrogen and oxygen atoms in total. The fourth-order valence-electron chi connectivity index (χ4n) is 2.36. The highest BCUT2D eigenvalue weighted by Crippen LogP contribution is 2.18. The van der Waals surface area contributed by atoms with E-state index in [0.29, 0.717) is 28.3 Å². The standard InChI is InChI=1S/C20H18ClN5O2S/c1-2-28-19(27)13-3-5-15(6-4-13)23-20(29)24-16-9-7-14(8-10-16)22-18-12-11-17(21)25-26-18/h3-12H,2H2,1H3,(H,22,26)(H2,23,24,29). The van der Waals surface area contributed by atoms with Crippen LogP contribution >= 0.6 is 23.8 Å². The van der Waals surface area contributed by atoms with Crippen LogP contribution in [0.25, 0.3) is 0 Å². The fourth-order valence-corrected chi connectivity index (χ4v) is 2.70. The van der Waals surface area contributed by atoms with Crippen LogP contribution < -0.4 is 16.0 Å². The predicted molar refractivity (Wildman–Crippen MR) is 119 cm³/mol. The Morgan fingerprint density at radius 2 is 1.52 bits per heavy atom. The average molecular weight is 428 g/mol. The summed E-state index contributed by atoms with van der Waals surface area (Å²) in [5.74, 6) is 0.247. The van der Waals surface area contributed by atoms with Crippen LogP contribution in [0.1, 0.15) is 17.3 Å². The van der Waals surface area contributed by atoms with Crippen LogP contribution in [0, 0.1) is 0 Å². The third kappa shape index (κ3) is 6.13. The molecule has 0 fully saturated rings. The molecule has 1 aromatic heterocycles. The third-order valence-electron chi connectivity index (χ3n) is 3.70. The van der Waals surface area contributed by atoms with Gasteiger partial charge >= 0.3 is 5.97 Å². The van der Waals surface area contributed by atoms with Crippen LogP contribution in [0.5, 0.6) is 0 Å². The number of halogens is 1. The second-order valence-corrected chi connectivity index (χ2v) is 6.62. The number of anilines is 4. The van der Waals surface area contributed by atoms with E-state index in [4.69, 9.17) is 28.6 Å². The maximum atomic E-state index is 11.7. The van der Waals surface area contributed by atoms with Gasteiger partial charge in [-0.05, 0) is 79.8 Å².